The van der Waals surface area contributed by atoms with E-state index in [0.717, 1.165) is 11.8 Å². The van der Waals surface area contributed by atoms with Crippen LogP contribution in [-0.2, 0) is 4.79 Å². The molecule has 0 amide bonds. The van der Waals surface area contributed by atoms with E-state index in [0.29, 0.717) is 29.2 Å². The van der Waals surface area contributed by atoms with Crippen LogP contribution in [0.4, 0.5) is 5.69 Å². The molecule has 1 rings (SSSR count). The fraction of sp³-hybridized carbons (Fsp3) is 0.462. The lowest BCUT2D eigenvalue weighted by atomic mass is 10.0. The van der Waals surface area contributed by atoms with Crippen LogP contribution in [0, 0.1) is 0 Å². The van der Waals surface area contributed by atoms with Gasteiger partial charge in [0.1, 0.15) is 11.9 Å². The van der Waals surface area contributed by atoms with Crippen LogP contribution in [0.2, 0.25) is 0 Å². The topological polar surface area (TPSA) is 92.8 Å². The van der Waals surface area contributed by atoms with E-state index < -0.39 is 12.2 Å². The van der Waals surface area contributed by atoms with Gasteiger partial charge in [0.15, 0.2) is 5.12 Å². The van der Waals surface area contributed by atoms with Crippen LogP contribution in [0.1, 0.15) is 25.0 Å². The number of nitrogens with two attached hydrogens (primary N) is 1. The molecule has 0 saturated heterocycles. The van der Waals surface area contributed by atoms with Crippen LogP contribution >= 0.6 is 11.8 Å². The van der Waals surface area contributed by atoms with E-state index in [-0.39, 0.29) is 5.12 Å². The van der Waals surface area contributed by atoms with Gasteiger partial charge in [-0.3, -0.25) is 4.79 Å². The third-order valence-electron chi connectivity index (χ3n) is 2.68. The molecular weight excluding hydrogens is 266 g/mol. The number of nitrogen functional groups attached to an aromatic ring is 1. The zero-order chi connectivity index (χ0) is 14.4. The predicted molar refractivity (Wildman–Crippen MR) is 76.1 cm³/mol. The second-order valence-electron chi connectivity index (χ2n) is 4.14. The first-order chi connectivity index (χ1) is 8.95. The van der Waals surface area contributed by atoms with Crippen molar-refractivity contribution in [1.29, 1.82) is 0 Å². The molecule has 2 atom stereocenters. The van der Waals surface area contributed by atoms with E-state index >= 15 is 0 Å². The molecule has 1 aromatic rings. The predicted octanol–water partition coefficient (Wildman–Crippen LogP) is 1.34. The number of aliphatic hydroxyl groups excluding tert-OH is 2. The molecule has 0 radical (unpaired) electrons. The molecule has 0 aromatic heterocycles. The average Bonchev–Trinajstić information content (AvgIpc) is 2.38. The Balaban J connectivity index is 2.65. The maximum absolute atomic E-state index is 10.8. The zero-order valence-electron chi connectivity index (χ0n) is 11.0. The Morgan fingerprint density at radius 3 is 2.74 bits per heavy atom. The first kappa shape index (κ1) is 15.8. The van der Waals surface area contributed by atoms with Crippen molar-refractivity contribution in [3.63, 3.8) is 0 Å². The summed E-state index contributed by atoms with van der Waals surface area (Å²) in [5, 5.41) is 19.9. The van der Waals surface area contributed by atoms with Crippen molar-refractivity contribution in [3.05, 3.63) is 23.8 Å². The molecule has 5 nitrogen and oxygen atoms in total. The molecule has 106 valence electrons. The minimum Gasteiger partial charge on any atom is -0.495 e. The lowest BCUT2D eigenvalue weighted by Crippen LogP contribution is -2.19. The molecular formula is C13H19NO4S. The standard InChI is InChI=1S/C13H19NO4S/c1-8(15)19-6-5-11(16)13(17)9-3-4-10(14)12(7-9)18-2/h3-4,7,11,13,16-17H,5-6,14H2,1-2H3. The highest BCUT2D eigenvalue weighted by molar-refractivity contribution is 8.13. The summed E-state index contributed by atoms with van der Waals surface area (Å²) >= 11 is 1.13. The quantitative estimate of drug-likeness (QED) is 0.683. The molecule has 4 N–H and O–H groups in total. The summed E-state index contributed by atoms with van der Waals surface area (Å²) in [6.07, 6.45) is -1.62. The second kappa shape index (κ2) is 7.37. The third-order valence-corrected chi connectivity index (χ3v) is 3.53. The Labute approximate surface area is 116 Å². The van der Waals surface area contributed by atoms with Gasteiger partial charge >= 0.3 is 0 Å². The second-order valence-corrected chi connectivity index (χ2v) is 5.41. The number of rotatable bonds is 6. The molecule has 0 heterocycles. The normalized spacial score (nSPS) is 13.9. The van der Waals surface area contributed by atoms with Gasteiger partial charge in [-0.1, -0.05) is 17.8 Å². The molecule has 19 heavy (non-hydrogen) atoms. The third kappa shape index (κ3) is 4.74. The number of aliphatic hydroxyl groups is 2. The van der Waals surface area contributed by atoms with Gasteiger partial charge in [-0.15, -0.1) is 0 Å². The number of benzene rings is 1. The molecule has 0 aliphatic carbocycles. The summed E-state index contributed by atoms with van der Waals surface area (Å²) in [6.45, 7) is 1.47. The Hall–Kier alpha value is -1.24. The number of anilines is 1. The zero-order valence-corrected chi connectivity index (χ0v) is 11.8. The highest BCUT2D eigenvalue weighted by Gasteiger charge is 2.19. The fourth-order valence-corrected chi connectivity index (χ4v) is 2.26. The van der Waals surface area contributed by atoms with E-state index in [1.807, 2.05) is 0 Å². The lowest BCUT2D eigenvalue weighted by Gasteiger charge is -2.18. The van der Waals surface area contributed by atoms with Crippen molar-refractivity contribution in [2.75, 3.05) is 18.6 Å². The highest BCUT2D eigenvalue weighted by atomic mass is 32.2. The van der Waals surface area contributed by atoms with Crippen molar-refractivity contribution in [2.45, 2.75) is 25.6 Å². The summed E-state index contributed by atoms with van der Waals surface area (Å²) in [6, 6.07) is 4.86. The van der Waals surface area contributed by atoms with Crippen molar-refractivity contribution in [3.8, 4) is 5.75 Å². The number of methoxy groups -OCH3 is 1. The van der Waals surface area contributed by atoms with Crippen LogP contribution in [0.3, 0.4) is 0 Å². The van der Waals surface area contributed by atoms with Crippen molar-refractivity contribution >= 4 is 22.6 Å². The van der Waals surface area contributed by atoms with Gasteiger partial charge in [-0.2, -0.15) is 0 Å². The molecule has 6 heteroatoms. The number of carbonyl (C=O) groups is 1. The van der Waals surface area contributed by atoms with E-state index in [1.54, 1.807) is 18.2 Å². The Morgan fingerprint density at radius 2 is 2.16 bits per heavy atom. The Morgan fingerprint density at radius 1 is 1.47 bits per heavy atom. The van der Waals surface area contributed by atoms with Gasteiger partial charge < -0.3 is 20.7 Å². The summed E-state index contributed by atoms with van der Waals surface area (Å²) < 4.78 is 5.06. The van der Waals surface area contributed by atoms with Gasteiger partial charge in [0.05, 0.1) is 18.9 Å². The lowest BCUT2D eigenvalue weighted by molar-refractivity contribution is -0.109. The summed E-state index contributed by atoms with van der Waals surface area (Å²) in [5.74, 6) is 0.932. The smallest absolute Gasteiger partial charge is 0.185 e. The molecule has 1 aromatic carbocycles. The van der Waals surface area contributed by atoms with E-state index in [4.69, 9.17) is 10.5 Å². The summed E-state index contributed by atoms with van der Waals surface area (Å²) in [7, 11) is 1.49. The molecule has 0 bridgehead atoms. The number of carbonyl (C=O) groups excluding carboxylic acids is 1. The summed E-state index contributed by atoms with van der Waals surface area (Å²) in [4.78, 5) is 10.8. The maximum atomic E-state index is 10.8. The van der Waals surface area contributed by atoms with E-state index in [9.17, 15) is 15.0 Å². The molecule has 0 saturated carbocycles. The molecule has 0 fully saturated rings. The maximum Gasteiger partial charge on any atom is 0.185 e. The van der Waals surface area contributed by atoms with Crippen LogP contribution in [0.5, 0.6) is 5.75 Å². The van der Waals surface area contributed by atoms with Crippen LogP contribution in [0.15, 0.2) is 18.2 Å². The van der Waals surface area contributed by atoms with Gasteiger partial charge in [0.25, 0.3) is 0 Å². The monoisotopic (exact) mass is 285 g/mol. The minimum absolute atomic E-state index is 0.00385. The first-order valence-corrected chi connectivity index (χ1v) is 6.87. The van der Waals surface area contributed by atoms with Gasteiger partial charge in [-0.05, 0) is 24.1 Å². The summed E-state index contributed by atoms with van der Waals surface area (Å²) in [5.41, 5.74) is 6.69. The SMILES string of the molecule is COc1cc(C(O)C(O)CCSC(C)=O)ccc1N. The minimum atomic E-state index is -1.03. The average molecular weight is 285 g/mol. The molecule has 0 aliphatic heterocycles. The number of thioether (sulfide) groups is 1. The molecule has 2 unspecified atom stereocenters. The Kier molecular flexibility index (Phi) is 6.14. The fourth-order valence-electron chi connectivity index (χ4n) is 1.62. The number of ether oxygens (including phenoxy) is 1. The number of hydrogen-bond acceptors (Lipinski definition) is 6. The van der Waals surface area contributed by atoms with Gasteiger partial charge in [-0.25, -0.2) is 0 Å². The van der Waals surface area contributed by atoms with Gasteiger partial charge in [0.2, 0.25) is 0 Å². The highest BCUT2D eigenvalue weighted by Crippen LogP contribution is 2.28. The van der Waals surface area contributed by atoms with Crippen molar-refractivity contribution in [2.24, 2.45) is 0 Å². The van der Waals surface area contributed by atoms with Crippen molar-refractivity contribution in [1.82, 2.24) is 0 Å². The number of hydrogen-bond donors (Lipinski definition) is 3. The van der Waals surface area contributed by atoms with Crippen molar-refractivity contribution < 1.29 is 19.7 Å². The van der Waals surface area contributed by atoms with Gasteiger partial charge in [0, 0.05) is 12.7 Å². The molecule has 0 spiro atoms. The molecule has 0 aliphatic rings. The first-order valence-electron chi connectivity index (χ1n) is 5.88. The van der Waals surface area contributed by atoms with Crippen LogP contribution in [0.25, 0.3) is 0 Å². The van der Waals surface area contributed by atoms with E-state index in [2.05, 4.69) is 0 Å². The Bertz CT molecular complexity index is 439. The largest absolute Gasteiger partial charge is 0.495 e. The van der Waals surface area contributed by atoms with Crippen LogP contribution < -0.4 is 10.5 Å². The van der Waals surface area contributed by atoms with Crippen LogP contribution in [-0.4, -0.2) is 34.3 Å². The van der Waals surface area contributed by atoms with E-state index in [1.165, 1.54) is 14.0 Å².